The molecule has 0 aliphatic heterocycles. The normalized spacial score (nSPS) is 8.91. The molecule has 0 aromatic rings. The molecular formula is C4H7NO4S2. The predicted octanol–water partition coefficient (Wildman–Crippen LogP) is 0.589. The highest BCUT2D eigenvalue weighted by Crippen LogP contribution is 2.00. The molecular weight excluding hydrogens is 190 g/mol. The molecule has 0 saturated carbocycles. The van der Waals surface area contributed by atoms with Gasteiger partial charge in [-0.05, 0) is 25.6 Å². The van der Waals surface area contributed by atoms with Crippen molar-refractivity contribution in [2.75, 3.05) is 6.61 Å². The van der Waals surface area contributed by atoms with E-state index in [2.05, 4.69) is 30.4 Å². The Labute approximate surface area is 74.4 Å². The Morgan fingerprint density at radius 3 is 2.36 bits per heavy atom. The minimum Gasteiger partial charge on any atom is -0.481 e. The number of hydrogen-bond acceptors (Lipinski definition) is 5. The summed E-state index contributed by atoms with van der Waals surface area (Å²) in [5, 5.41) is 8.12. The molecule has 7 heteroatoms. The maximum atomic E-state index is 10.5. The van der Waals surface area contributed by atoms with Crippen LogP contribution in [0, 0.1) is 0 Å². The quantitative estimate of drug-likeness (QED) is 0.579. The summed E-state index contributed by atoms with van der Waals surface area (Å²) in [6.07, 6.45) is -1.01. The molecule has 0 atom stereocenters. The van der Waals surface area contributed by atoms with E-state index in [0.717, 1.165) is 0 Å². The van der Waals surface area contributed by atoms with Crippen molar-refractivity contribution < 1.29 is 19.4 Å². The van der Waals surface area contributed by atoms with Gasteiger partial charge in [0.25, 0.3) is 0 Å². The van der Waals surface area contributed by atoms with Gasteiger partial charge in [0, 0.05) is 0 Å². The van der Waals surface area contributed by atoms with E-state index in [0.29, 0.717) is 3.71 Å². The molecule has 5 nitrogen and oxygen atoms in total. The first-order chi connectivity index (χ1) is 5.04. The van der Waals surface area contributed by atoms with Gasteiger partial charge in [0.1, 0.15) is 6.61 Å². The average Bonchev–Trinajstić information content (AvgIpc) is 1.86. The van der Waals surface area contributed by atoms with Gasteiger partial charge in [-0.25, -0.2) is 4.79 Å². The number of thiol groups is 2. The SMILES string of the molecule is O=C(O)CCOC(=O)N(S)S. The molecule has 11 heavy (non-hydrogen) atoms. The summed E-state index contributed by atoms with van der Waals surface area (Å²) in [7, 11) is 0. The van der Waals surface area contributed by atoms with Crippen molar-refractivity contribution in [2.45, 2.75) is 6.42 Å². The second-order valence-corrected chi connectivity index (χ2v) is 2.66. The first-order valence-corrected chi connectivity index (χ1v) is 3.40. The zero-order chi connectivity index (χ0) is 8.85. The summed E-state index contributed by atoms with van der Waals surface area (Å²) >= 11 is 6.99. The standard InChI is InChI=1S/C4H7NO4S2/c6-3(7)1-2-9-4(8)5(10)11/h10-11H,1-2H2,(H,6,7). The van der Waals surface area contributed by atoms with Gasteiger partial charge in [0.05, 0.1) is 6.42 Å². The molecule has 0 fully saturated rings. The van der Waals surface area contributed by atoms with Crippen LogP contribution in [0.15, 0.2) is 0 Å². The first-order valence-electron chi connectivity index (χ1n) is 2.60. The number of amides is 1. The number of aliphatic carboxylic acids is 1. The van der Waals surface area contributed by atoms with Gasteiger partial charge in [-0.1, -0.05) is 0 Å². The zero-order valence-electron chi connectivity index (χ0n) is 5.43. The van der Waals surface area contributed by atoms with E-state index in [1.54, 1.807) is 0 Å². The van der Waals surface area contributed by atoms with Crippen LogP contribution in [0.25, 0.3) is 0 Å². The molecule has 0 spiro atoms. The van der Waals surface area contributed by atoms with E-state index < -0.39 is 12.1 Å². The predicted molar refractivity (Wildman–Crippen MR) is 43.4 cm³/mol. The zero-order valence-corrected chi connectivity index (χ0v) is 7.22. The van der Waals surface area contributed by atoms with E-state index in [9.17, 15) is 9.59 Å². The van der Waals surface area contributed by atoms with Crippen LogP contribution in [0.5, 0.6) is 0 Å². The molecule has 0 saturated heterocycles. The molecule has 0 bridgehead atoms. The molecule has 1 N–H and O–H groups in total. The minimum atomic E-state index is -1.03. The highest BCUT2D eigenvalue weighted by molar-refractivity contribution is 7.94. The molecule has 1 amide bonds. The van der Waals surface area contributed by atoms with Gasteiger partial charge in [0.15, 0.2) is 0 Å². The number of carboxylic acids is 1. The van der Waals surface area contributed by atoms with E-state index in [-0.39, 0.29) is 13.0 Å². The highest BCUT2D eigenvalue weighted by atomic mass is 32.2. The van der Waals surface area contributed by atoms with Crippen LogP contribution in [0.3, 0.4) is 0 Å². The first kappa shape index (κ1) is 10.4. The number of carbonyl (C=O) groups excluding carboxylic acids is 1. The van der Waals surface area contributed by atoms with Crippen molar-refractivity contribution in [3.63, 3.8) is 0 Å². The third-order valence-corrected chi connectivity index (χ3v) is 1.03. The third kappa shape index (κ3) is 5.86. The van der Waals surface area contributed by atoms with Crippen LogP contribution in [0.2, 0.25) is 0 Å². The van der Waals surface area contributed by atoms with Crippen LogP contribution in [-0.4, -0.2) is 27.5 Å². The van der Waals surface area contributed by atoms with Gasteiger partial charge in [-0.2, -0.15) is 3.71 Å². The molecule has 0 aliphatic rings. The van der Waals surface area contributed by atoms with E-state index >= 15 is 0 Å². The van der Waals surface area contributed by atoms with Crippen LogP contribution >= 0.6 is 25.6 Å². The number of rotatable bonds is 3. The van der Waals surface area contributed by atoms with Crippen LogP contribution in [-0.2, 0) is 9.53 Å². The fraction of sp³-hybridized carbons (Fsp3) is 0.500. The van der Waals surface area contributed by atoms with Crippen molar-refractivity contribution in [3.8, 4) is 0 Å². The Hall–Kier alpha value is -0.560. The van der Waals surface area contributed by atoms with E-state index in [4.69, 9.17) is 5.11 Å². The van der Waals surface area contributed by atoms with Gasteiger partial charge in [-0.3, -0.25) is 4.79 Å². The highest BCUT2D eigenvalue weighted by Gasteiger charge is 2.06. The summed E-state index contributed by atoms with van der Waals surface area (Å²) in [4.78, 5) is 20.4. The number of carboxylic acid groups (broad SMARTS) is 1. The Bertz CT molecular complexity index is 160. The fourth-order valence-corrected chi connectivity index (χ4v) is 0.399. The van der Waals surface area contributed by atoms with E-state index in [1.807, 2.05) is 0 Å². The molecule has 0 heterocycles. The molecule has 0 rings (SSSR count). The van der Waals surface area contributed by atoms with Gasteiger partial charge in [-0.15, -0.1) is 0 Å². The maximum absolute atomic E-state index is 10.5. The van der Waals surface area contributed by atoms with Crippen molar-refractivity contribution in [1.29, 1.82) is 0 Å². The number of hydrogen-bond donors (Lipinski definition) is 3. The molecule has 0 unspecified atom stereocenters. The van der Waals surface area contributed by atoms with Crippen molar-refractivity contribution in [3.05, 3.63) is 0 Å². The summed E-state index contributed by atoms with van der Waals surface area (Å²) in [6.45, 7) is -0.175. The number of carbonyl (C=O) groups is 2. The largest absolute Gasteiger partial charge is 0.481 e. The lowest BCUT2D eigenvalue weighted by molar-refractivity contribution is -0.137. The van der Waals surface area contributed by atoms with E-state index in [1.165, 1.54) is 0 Å². The van der Waals surface area contributed by atoms with Gasteiger partial charge < -0.3 is 9.84 Å². The molecule has 64 valence electrons. The molecule has 0 radical (unpaired) electrons. The second kappa shape index (κ2) is 5.14. The Balaban J connectivity index is 3.39. The summed E-state index contributed by atoms with van der Waals surface area (Å²) in [6, 6.07) is 0. The third-order valence-electron chi connectivity index (χ3n) is 0.705. The summed E-state index contributed by atoms with van der Waals surface area (Å²) < 4.78 is 4.99. The second-order valence-electron chi connectivity index (χ2n) is 1.55. The monoisotopic (exact) mass is 197 g/mol. The van der Waals surface area contributed by atoms with Crippen molar-refractivity contribution >= 4 is 37.7 Å². The van der Waals surface area contributed by atoms with Crippen LogP contribution < -0.4 is 0 Å². The maximum Gasteiger partial charge on any atom is 0.429 e. The lowest BCUT2D eigenvalue weighted by atomic mass is 10.5. The fourth-order valence-electron chi connectivity index (χ4n) is 0.283. The average molecular weight is 197 g/mol. The lowest BCUT2D eigenvalue weighted by Crippen LogP contribution is -2.15. The summed E-state index contributed by atoms with van der Waals surface area (Å²) in [5.41, 5.74) is 0. The number of nitrogens with zero attached hydrogens (tertiary/aromatic N) is 1. The Kier molecular flexibility index (Phi) is 4.88. The van der Waals surface area contributed by atoms with Crippen molar-refractivity contribution in [1.82, 2.24) is 3.71 Å². The smallest absolute Gasteiger partial charge is 0.429 e. The van der Waals surface area contributed by atoms with Crippen LogP contribution in [0.4, 0.5) is 4.79 Å². The van der Waals surface area contributed by atoms with Crippen molar-refractivity contribution in [2.24, 2.45) is 0 Å². The van der Waals surface area contributed by atoms with Gasteiger partial charge in [0.2, 0.25) is 0 Å². The topological polar surface area (TPSA) is 66.8 Å². The Morgan fingerprint density at radius 1 is 1.45 bits per heavy atom. The number of ether oxygens (including phenoxy) is 1. The molecule has 0 aliphatic carbocycles. The molecule has 0 aromatic carbocycles. The Morgan fingerprint density at radius 2 is 2.00 bits per heavy atom. The van der Waals surface area contributed by atoms with Gasteiger partial charge >= 0.3 is 12.1 Å². The molecule has 0 aromatic heterocycles. The van der Waals surface area contributed by atoms with Crippen LogP contribution in [0.1, 0.15) is 6.42 Å². The summed E-state index contributed by atoms with van der Waals surface area (Å²) in [5.74, 6) is -1.03. The lowest BCUT2D eigenvalue weighted by Gasteiger charge is -2.06. The minimum absolute atomic E-state index is 0.175.